The van der Waals surface area contributed by atoms with Crippen LogP contribution in [0, 0.1) is 0 Å². The first-order chi connectivity index (χ1) is 8.45. The van der Waals surface area contributed by atoms with Crippen LogP contribution in [0.5, 0.6) is 0 Å². The Balaban J connectivity index is 1.61. The molecule has 0 radical (unpaired) electrons. The van der Waals surface area contributed by atoms with Crippen LogP contribution in [-0.4, -0.2) is 23.1 Å². The van der Waals surface area contributed by atoms with E-state index in [0.717, 1.165) is 0 Å². The lowest BCUT2D eigenvalue weighted by molar-refractivity contribution is 0.130. The molecule has 0 aliphatic rings. The summed E-state index contributed by atoms with van der Waals surface area (Å²) in [5.74, 6) is 0.635. The molecule has 0 aliphatic carbocycles. The van der Waals surface area contributed by atoms with Crippen molar-refractivity contribution in [2.45, 2.75) is 6.61 Å². The van der Waals surface area contributed by atoms with Crippen molar-refractivity contribution in [2.24, 2.45) is 0 Å². The summed E-state index contributed by atoms with van der Waals surface area (Å²) in [6.45, 7) is 1.97. The lowest BCUT2D eigenvalue weighted by Crippen LogP contribution is -2.11. The second-order valence-electron chi connectivity index (χ2n) is 3.54. The monoisotopic (exact) mass is 229 g/mol. The van der Waals surface area contributed by atoms with Crippen molar-refractivity contribution in [2.75, 3.05) is 18.5 Å². The summed E-state index contributed by atoms with van der Waals surface area (Å²) in [4.78, 5) is 8.11. The number of nitrogens with zero attached hydrogens (tertiary/aromatic N) is 2. The average molecular weight is 229 g/mol. The Labute approximate surface area is 101 Å². The first kappa shape index (κ1) is 11.5. The highest BCUT2D eigenvalue weighted by Crippen LogP contribution is 2.00. The van der Waals surface area contributed by atoms with Crippen LogP contribution in [0.2, 0.25) is 0 Å². The maximum absolute atomic E-state index is 5.52. The highest BCUT2D eigenvalue weighted by molar-refractivity contribution is 5.21. The molecule has 0 atom stereocenters. The van der Waals surface area contributed by atoms with Gasteiger partial charge in [-0.3, -0.25) is 0 Å². The van der Waals surface area contributed by atoms with E-state index in [1.807, 2.05) is 30.3 Å². The molecule has 0 spiro atoms. The molecule has 0 unspecified atom stereocenters. The largest absolute Gasteiger partial charge is 0.375 e. The zero-order valence-electron chi connectivity index (χ0n) is 9.54. The third-order valence-electron chi connectivity index (χ3n) is 2.21. The number of hydrogen-bond acceptors (Lipinski definition) is 4. The number of hydrogen-bond donors (Lipinski definition) is 1. The van der Waals surface area contributed by atoms with E-state index < -0.39 is 0 Å². The first-order valence-corrected chi connectivity index (χ1v) is 5.58. The van der Waals surface area contributed by atoms with Crippen LogP contribution in [0.1, 0.15) is 5.56 Å². The minimum Gasteiger partial charge on any atom is -0.375 e. The number of benzene rings is 1. The standard InChI is InChI=1S/C13H15N3O/c1-2-5-12(6-3-1)11-17-10-9-16-13-14-7-4-8-15-13/h1-8H,9-11H2,(H,14,15,16). The van der Waals surface area contributed by atoms with E-state index in [9.17, 15) is 0 Å². The zero-order valence-corrected chi connectivity index (χ0v) is 9.54. The maximum atomic E-state index is 5.52. The fourth-order valence-corrected chi connectivity index (χ4v) is 1.39. The van der Waals surface area contributed by atoms with Gasteiger partial charge in [0, 0.05) is 18.9 Å². The van der Waals surface area contributed by atoms with Crippen LogP contribution in [0.25, 0.3) is 0 Å². The fraction of sp³-hybridized carbons (Fsp3) is 0.231. The third kappa shape index (κ3) is 4.20. The molecule has 0 bridgehead atoms. The van der Waals surface area contributed by atoms with Crippen LogP contribution < -0.4 is 5.32 Å². The van der Waals surface area contributed by atoms with Gasteiger partial charge in [0.15, 0.2) is 0 Å². The van der Waals surface area contributed by atoms with E-state index in [4.69, 9.17) is 4.74 Å². The summed E-state index contributed by atoms with van der Waals surface area (Å²) in [5, 5.41) is 3.08. The molecule has 0 amide bonds. The molecular formula is C13H15N3O. The minimum absolute atomic E-state index is 0.632. The average Bonchev–Trinajstić information content (AvgIpc) is 2.41. The number of rotatable bonds is 6. The van der Waals surface area contributed by atoms with E-state index in [1.54, 1.807) is 18.5 Å². The lowest BCUT2D eigenvalue weighted by atomic mass is 10.2. The van der Waals surface area contributed by atoms with Crippen LogP contribution >= 0.6 is 0 Å². The van der Waals surface area contributed by atoms with Gasteiger partial charge < -0.3 is 10.1 Å². The van der Waals surface area contributed by atoms with Gasteiger partial charge in [0.1, 0.15) is 0 Å². The van der Waals surface area contributed by atoms with Gasteiger partial charge in [-0.15, -0.1) is 0 Å². The molecule has 1 heterocycles. The molecule has 1 aromatic carbocycles. The Kier molecular flexibility index (Phi) is 4.48. The Bertz CT molecular complexity index is 378. The normalized spacial score (nSPS) is 10.1. The third-order valence-corrected chi connectivity index (χ3v) is 2.21. The summed E-state index contributed by atoms with van der Waals surface area (Å²) < 4.78 is 5.52. The number of nitrogens with one attached hydrogen (secondary N) is 1. The fourth-order valence-electron chi connectivity index (χ4n) is 1.39. The summed E-state index contributed by atoms with van der Waals surface area (Å²) in [6.07, 6.45) is 3.42. The molecule has 1 aromatic heterocycles. The minimum atomic E-state index is 0.632. The lowest BCUT2D eigenvalue weighted by Gasteiger charge is -2.05. The predicted octanol–water partition coefficient (Wildman–Crippen LogP) is 2.11. The molecule has 0 fully saturated rings. The Morgan fingerprint density at radius 1 is 1.00 bits per heavy atom. The molecule has 0 saturated carbocycles. The van der Waals surface area contributed by atoms with E-state index in [-0.39, 0.29) is 0 Å². The van der Waals surface area contributed by atoms with Crippen LogP contribution in [0.15, 0.2) is 48.8 Å². The van der Waals surface area contributed by atoms with Gasteiger partial charge in [0.2, 0.25) is 5.95 Å². The maximum Gasteiger partial charge on any atom is 0.222 e. The summed E-state index contributed by atoms with van der Waals surface area (Å²) in [7, 11) is 0. The number of anilines is 1. The second-order valence-corrected chi connectivity index (χ2v) is 3.54. The van der Waals surface area contributed by atoms with Crippen molar-refractivity contribution in [1.29, 1.82) is 0 Å². The Morgan fingerprint density at radius 3 is 2.53 bits per heavy atom. The second kappa shape index (κ2) is 6.60. The van der Waals surface area contributed by atoms with E-state index in [2.05, 4.69) is 15.3 Å². The SMILES string of the molecule is c1ccc(COCCNc2ncccn2)cc1. The molecule has 1 N–H and O–H groups in total. The highest BCUT2D eigenvalue weighted by atomic mass is 16.5. The smallest absolute Gasteiger partial charge is 0.222 e. The molecule has 2 rings (SSSR count). The van der Waals surface area contributed by atoms with Crippen LogP contribution in [-0.2, 0) is 11.3 Å². The zero-order chi connectivity index (χ0) is 11.8. The molecule has 17 heavy (non-hydrogen) atoms. The van der Waals surface area contributed by atoms with Crippen LogP contribution in [0.3, 0.4) is 0 Å². The van der Waals surface area contributed by atoms with Crippen molar-refractivity contribution < 1.29 is 4.74 Å². The summed E-state index contributed by atoms with van der Waals surface area (Å²) >= 11 is 0. The van der Waals surface area contributed by atoms with Crippen molar-refractivity contribution >= 4 is 5.95 Å². The molecule has 4 heteroatoms. The molecule has 0 saturated heterocycles. The van der Waals surface area contributed by atoms with Gasteiger partial charge in [-0.1, -0.05) is 30.3 Å². The Hall–Kier alpha value is -1.94. The topological polar surface area (TPSA) is 47.0 Å². The Morgan fingerprint density at radius 2 is 1.76 bits per heavy atom. The van der Waals surface area contributed by atoms with E-state index in [0.29, 0.717) is 25.7 Å². The van der Waals surface area contributed by atoms with Crippen LogP contribution in [0.4, 0.5) is 5.95 Å². The van der Waals surface area contributed by atoms with Gasteiger partial charge in [-0.25, -0.2) is 9.97 Å². The quantitative estimate of drug-likeness (QED) is 0.771. The van der Waals surface area contributed by atoms with Crippen molar-refractivity contribution in [1.82, 2.24) is 9.97 Å². The first-order valence-electron chi connectivity index (χ1n) is 5.58. The van der Waals surface area contributed by atoms with Gasteiger partial charge in [-0.05, 0) is 11.6 Å². The summed E-state index contributed by atoms with van der Waals surface area (Å²) in [5.41, 5.74) is 1.18. The molecule has 88 valence electrons. The van der Waals surface area contributed by atoms with Gasteiger partial charge in [0.25, 0.3) is 0 Å². The highest BCUT2D eigenvalue weighted by Gasteiger charge is 1.93. The molecule has 4 nitrogen and oxygen atoms in total. The van der Waals surface area contributed by atoms with E-state index >= 15 is 0 Å². The number of ether oxygens (including phenoxy) is 1. The molecule has 0 aliphatic heterocycles. The van der Waals surface area contributed by atoms with Crippen molar-refractivity contribution in [3.63, 3.8) is 0 Å². The van der Waals surface area contributed by atoms with Crippen molar-refractivity contribution in [3.05, 3.63) is 54.4 Å². The number of aromatic nitrogens is 2. The predicted molar refractivity (Wildman–Crippen MR) is 66.6 cm³/mol. The molecule has 2 aromatic rings. The summed E-state index contributed by atoms with van der Waals surface area (Å²) in [6, 6.07) is 11.9. The van der Waals surface area contributed by atoms with Gasteiger partial charge >= 0.3 is 0 Å². The molecular weight excluding hydrogens is 214 g/mol. The van der Waals surface area contributed by atoms with E-state index in [1.165, 1.54) is 5.56 Å². The van der Waals surface area contributed by atoms with Crippen molar-refractivity contribution in [3.8, 4) is 0 Å². The van der Waals surface area contributed by atoms with Gasteiger partial charge in [-0.2, -0.15) is 0 Å². The van der Waals surface area contributed by atoms with Gasteiger partial charge in [0.05, 0.1) is 13.2 Å².